The van der Waals surface area contributed by atoms with Crippen molar-refractivity contribution in [2.75, 3.05) is 18.1 Å². The Bertz CT molecular complexity index is 963. The summed E-state index contributed by atoms with van der Waals surface area (Å²) in [5.41, 5.74) is 3.05. The maximum Gasteiger partial charge on any atom is 0.175 e. The third-order valence-corrected chi connectivity index (χ3v) is 5.07. The van der Waals surface area contributed by atoms with Gasteiger partial charge in [0.15, 0.2) is 9.84 Å². The SMILES string of the molecule is Cc1cnccc1NCCn1ccnc1-c1ccc(S(C)(=O)=O)cc1. The number of hydrogen-bond acceptors (Lipinski definition) is 5. The molecule has 130 valence electrons. The van der Waals surface area contributed by atoms with Gasteiger partial charge in [-0.15, -0.1) is 0 Å². The average Bonchev–Trinajstić information content (AvgIpc) is 3.04. The van der Waals surface area contributed by atoms with E-state index in [0.29, 0.717) is 4.90 Å². The first-order chi connectivity index (χ1) is 11.9. The first-order valence-electron chi connectivity index (χ1n) is 7.91. The third kappa shape index (κ3) is 4.06. The van der Waals surface area contributed by atoms with Crippen LogP contribution in [0.5, 0.6) is 0 Å². The van der Waals surface area contributed by atoms with Crippen LogP contribution in [-0.2, 0) is 16.4 Å². The minimum absolute atomic E-state index is 0.309. The van der Waals surface area contributed by atoms with Gasteiger partial charge in [0.2, 0.25) is 0 Å². The zero-order valence-electron chi connectivity index (χ0n) is 14.2. The number of hydrogen-bond donors (Lipinski definition) is 1. The molecule has 0 atom stereocenters. The summed E-state index contributed by atoms with van der Waals surface area (Å²) in [6, 6.07) is 8.75. The molecule has 0 saturated heterocycles. The molecule has 0 aliphatic carbocycles. The summed E-state index contributed by atoms with van der Waals surface area (Å²) in [6.45, 7) is 3.50. The highest BCUT2D eigenvalue weighted by Gasteiger charge is 2.10. The summed E-state index contributed by atoms with van der Waals surface area (Å²) in [7, 11) is -3.19. The summed E-state index contributed by atoms with van der Waals surface area (Å²) in [5, 5.41) is 3.39. The molecule has 25 heavy (non-hydrogen) atoms. The van der Waals surface area contributed by atoms with Crippen molar-refractivity contribution < 1.29 is 8.42 Å². The van der Waals surface area contributed by atoms with Crippen LogP contribution in [0.25, 0.3) is 11.4 Å². The molecule has 7 heteroatoms. The molecule has 1 aromatic carbocycles. The van der Waals surface area contributed by atoms with Crippen LogP contribution in [0.4, 0.5) is 5.69 Å². The van der Waals surface area contributed by atoms with Gasteiger partial charge >= 0.3 is 0 Å². The van der Waals surface area contributed by atoms with Crippen LogP contribution in [-0.4, -0.2) is 35.8 Å². The number of imidazole rings is 1. The molecule has 0 unspecified atom stereocenters. The summed E-state index contributed by atoms with van der Waals surface area (Å²) >= 11 is 0. The van der Waals surface area contributed by atoms with Gasteiger partial charge in [-0.25, -0.2) is 13.4 Å². The van der Waals surface area contributed by atoms with E-state index in [2.05, 4.69) is 15.3 Å². The van der Waals surface area contributed by atoms with Gasteiger partial charge in [-0.1, -0.05) is 0 Å². The van der Waals surface area contributed by atoms with E-state index in [1.807, 2.05) is 30.0 Å². The fraction of sp³-hybridized carbons (Fsp3) is 0.222. The van der Waals surface area contributed by atoms with E-state index < -0.39 is 9.84 Å². The molecule has 3 rings (SSSR count). The van der Waals surface area contributed by atoms with Crippen molar-refractivity contribution in [2.45, 2.75) is 18.4 Å². The standard InChI is InChI=1S/C18H20N4O2S/c1-14-13-19-8-7-17(14)20-9-11-22-12-10-21-18(22)15-3-5-16(6-4-15)25(2,23)24/h3-8,10,12-13H,9,11H2,1-2H3,(H,19,20). The number of aryl methyl sites for hydroxylation is 1. The molecule has 0 aliphatic heterocycles. The summed E-state index contributed by atoms with van der Waals surface area (Å²) in [6.07, 6.45) is 8.46. The summed E-state index contributed by atoms with van der Waals surface area (Å²) in [5.74, 6) is 0.813. The second-order valence-corrected chi connectivity index (χ2v) is 7.87. The third-order valence-electron chi connectivity index (χ3n) is 3.94. The lowest BCUT2D eigenvalue weighted by molar-refractivity contribution is 0.602. The molecule has 0 spiro atoms. The molecule has 6 nitrogen and oxygen atoms in total. The van der Waals surface area contributed by atoms with Crippen molar-refractivity contribution in [2.24, 2.45) is 0 Å². The molecule has 0 fully saturated rings. The van der Waals surface area contributed by atoms with E-state index in [4.69, 9.17) is 0 Å². The molecule has 0 aliphatic rings. The number of sulfone groups is 1. The molecule has 0 bridgehead atoms. The van der Waals surface area contributed by atoms with Crippen LogP contribution in [0.1, 0.15) is 5.56 Å². The highest BCUT2D eigenvalue weighted by atomic mass is 32.2. The van der Waals surface area contributed by atoms with Crippen molar-refractivity contribution >= 4 is 15.5 Å². The molecule has 0 radical (unpaired) electrons. The zero-order valence-corrected chi connectivity index (χ0v) is 15.0. The summed E-state index contributed by atoms with van der Waals surface area (Å²) in [4.78, 5) is 8.79. The van der Waals surface area contributed by atoms with Gasteiger partial charge in [0.05, 0.1) is 4.90 Å². The molecule has 2 heterocycles. The van der Waals surface area contributed by atoms with Crippen LogP contribution in [0.2, 0.25) is 0 Å². The van der Waals surface area contributed by atoms with Crippen molar-refractivity contribution in [1.29, 1.82) is 0 Å². The molecule has 2 aromatic heterocycles. The van der Waals surface area contributed by atoms with Gasteiger partial charge in [0.1, 0.15) is 5.82 Å². The predicted molar refractivity (Wildman–Crippen MR) is 98.2 cm³/mol. The smallest absolute Gasteiger partial charge is 0.175 e. The molecular formula is C18H20N4O2S. The maximum absolute atomic E-state index is 11.6. The summed E-state index contributed by atoms with van der Waals surface area (Å²) < 4.78 is 25.2. The molecule has 0 saturated carbocycles. The molecule has 0 amide bonds. The Morgan fingerprint density at radius 3 is 2.56 bits per heavy atom. The number of pyridine rings is 1. The Morgan fingerprint density at radius 2 is 1.88 bits per heavy atom. The second kappa shape index (κ2) is 7.06. The van der Waals surface area contributed by atoms with Crippen molar-refractivity contribution in [3.8, 4) is 11.4 Å². The normalized spacial score (nSPS) is 11.4. The molecule has 1 N–H and O–H groups in total. The lowest BCUT2D eigenvalue weighted by Gasteiger charge is -2.11. The average molecular weight is 356 g/mol. The van der Waals surface area contributed by atoms with Crippen molar-refractivity contribution in [1.82, 2.24) is 14.5 Å². The topological polar surface area (TPSA) is 76.9 Å². The van der Waals surface area contributed by atoms with E-state index in [1.54, 1.807) is 36.7 Å². The van der Waals surface area contributed by atoms with Gasteiger partial charge in [-0.2, -0.15) is 0 Å². The molecule has 3 aromatic rings. The lowest BCUT2D eigenvalue weighted by atomic mass is 10.2. The minimum atomic E-state index is -3.19. The minimum Gasteiger partial charge on any atom is -0.383 e. The van der Waals surface area contributed by atoms with Crippen LogP contribution in [0, 0.1) is 6.92 Å². The van der Waals surface area contributed by atoms with Crippen LogP contribution in [0.3, 0.4) is 0 Å². The number of nitrogens with zero attached hydrogens (tertiary/aromatic N) is 3. The van der Waals surface area contributed by atoms with E-state index in [0.717, 1.165) is 35.7 Å². The quantitative estimate of drug-likeness (QED) is 0.735. The van der Waals surface area contributed by atoms with Gasteiger partial charge < -0.3 is 9.88 Å². The van der Waals surface area contributed by atoms with E-state index in [-0.39, 0.29) is 0 Å². The maximum atomic E-state index is 11.6. The van der Waals surface area contributed by atoms with E-state index in [1.165, 1.54) is 6.26 Å². The molecular weight excluding hydrogens is 336 g/mol. The lowest BCUT2D eigenvalue weighted by Crippen LogP contribution is -2.11. The monoisotopic (exact) mass is 356 g/mol. The zero-order chi connectivity index (χ0) is 17.9. The fourth-order valence-corrected chi connectivity index (χ4v) is 3.21. The number of benzene rings is 1. The number of aromatic nitrogens is 3. The Balaban J connectivity index is 1.71. The van der Waals surface area contributed by atoms with E-state index >= 15 is 0 Å². The highest BCUT2D eigenvalue weighted by Crippen LogP contribution is 2.20. The first-order valence-corrected chi connectivity index (χ1v) is 9.80. The largest absolute Gasteiger partial charge is 0.383 e. The Labute approximate surface area is 147 Å². The second-order valence-electron chi connectivity index (χ2n) is 5.86. The van der Waals surface area contributed by atoms with Gasteiger partial charge in [-0.05, 0) is 42.8 Å². The van der Waals surface area contributed by atoms with Gasteiger partial charge in [0, 0.05) is 55.4 Å². The van der Waals surface area contributed by atoms with E-state index in [9.17, 15) is 8.42 Å². The van der Waals surface area contributed by atoms with Crippen LogP contribution in [0.15, 0.2) is 60.0 Å². The predicted octanol–water partition coefficient (Wildman–Crippen LogP) is 2.77. The van der Waals surface area contributed by atoms with Gasteiger partial charge in [0.25, 0.3) is 0 Å². The Morgan fingerprint density at radius 1 is 1.12 bits per heavy atom. The number of anilines is 1. The van der Waals surface area contributed by atoms with Crippen LogP contribution >= 0.6 is 0 Å². The fourth-order valence-electron chi connectivity index (χ4n) is 2.58. The Kier molecular flexibility index (Phi) is 4.85. The number of rotatable bonds is 6. The first kappa shape index (κ1) is 17.2. The van der Waals surface area contributed by atoms with Crippen molar-refractivity contribution in [3.05, 3.63) is 60.7 Å². The van der Waals surface area contributed by atoms with Crippen molar-refractivity contribution in [3.63, 3.8) is 0 Å². The Hall–Kier alpha value is -2.67. The highest BCUT2D eigenvalue weighted by molar-refractivity contribution is 7.90. The van der Waals surface area contributed by atoms with Crippen LogP contribution < -0.4 is 5.32 Å². The van der Waals surface area contributed by atoms with Gasteiger partial charge in [-0.3, -0.25) is 4.98 Å². The number of nitrogens with one attached hydrogen (secondary N) is 1.